The van der Waals surface area contributed by atoms with E-state index in [4.69, 9.17) is 4.74 Å². The van der Waals surface area contributed by atoms with Gasteiger partial charge in [0.05, 0.1) is 43.0 Å². The largest absolute Gasteiger partial charge is 0.495 e. The topological polar surface area (TPSA) is 78.1 Å². The second kappa shape index (κ2) is 9.38. The molecule has 2 aromatic heterocycles. The van der Waals surface area contributed by atoms with Crippen molar-refractivity contribution in [2.24, 2.45) is 5.92 Å². The highest BCUT2D eigenvalue weighted by Crippen LogP contribution is 2.37. The lowest BCUT2D eigenvalue weighted by Gasteiger charge is -2.27. The number of benzene rings is 2. The van der Waals surface area contributed by atoms with Gasteiger partial charge >= 0.3 is 6.18 Å². The van der Waals surface area contributed by atoms with Crippen LogP contribution in [0.4, 0.5) is 18.9 Å². The summed E-state index contributed by atoms with van der Waals surface area (Å²) in [6.07, 6.45) is 1.11. The Morgan fingerprint density at radius 2 is 1.89 bits per heavy atom. The van der Waals surface area contributed by atoms with Gasteiger partial charge in [0.1, 0.15) is 18.0 Å². The number of methoxy groups -OCH3 is 1. The molecule has 37 heavy (non-hydrogen) atoms. The van der Waals surface area contributed by atoms with Crippen molar-refractivity contribution in [3.63, 3.8) is 0 Å². The molecule has 192 valence electrons. The zero-order chi connectivity index (χ0) is 26.3. The number of hydrogen-bond acceptors (Lipinski definition) is 5. The predicted octanol–water partition coefficient (Wildman–Crippen LogP) is 4.78. The van der Waals surface area contributed by atoms with Crippen molar-refractivity contribution in [3.8, 4) is 22.7 Å². The monoisotopic (exact) mass is 510 g/mol. The van der Waals surface area contributed by atoms with Crippen LogP contribution in [0.3, 0.4) is 0 Å². The van der Waals surface area contributed by atoms with Crippen molar-refractivity contribution in [2.75, 3.05) is 18.6 Å². The van der Waals surface area contributed by atoms with E-state index in [1.165, 1.54) is 0 Å². The molecule has 3 heterocycles. The number of alkyl halides is 3. The van der Waals surface area contributed by atoms with Gasteiger partial charge in [0.25, 0.3) is 0 Å². The van der Waals surface area contributed by atoms with Gasteiger partial charge in [-0.05, 0) is 37.1 Å². The molecule has 0 spiro atoms. The zero-order valence-corrected chi connectivity index (χ0v) is 20.5. The number of carbonyl (C=O) groups excluding carboxylic acids is 1. The maximum absolute atomic E-state index is 13.3. The molecular weight excluding hydrogens is 485 g/mol. The molecule has 11 heteroatoms. The van der Waals surface area contributed by atoms with Crippen LogP contribution >= 0.6 is 0 Å². The molecule has 5 rings (SSSR count). The van der Waals surface area contributed by atoms with E-state index in [9.17, 15) is 18.0 Å². The fourth-order valence-corrected chi connectivity index (χ4v) is 4.72. The van der Waals surface area contributed by atoms with Gasteiger partial charge in [-0.1, -0.05) is 36.4 Å². The molecule has 2 atom stereocenters. The Bertz CT molecular complexity index is 1440. The number of ether oxygens (including phenoxy) is 1. The molecule has 4 aromatic rings. The number of halogens is 3. The van der Waals surface area contributed by atoms with Gasteiger partial charge in [-0.2, -0.15) is 13.2 Å². The van der Waals surface area contributed by atoms with Crippen molar-refractivity contribution in [2.45, 2.75) is 32.5 Å². The van der Waals surface area contributed by atoms with E-state index in [-0.39, 0.29) is 5.69 Å². The Morgan fingerprint density at radius 1 is 1.11 bits per heavy atom. The van der Waals surface area contributed by atoms with E-state index in [1.807, 2.05) is 35.9 Å². The van der Waals surface area contributed by atoms with Crippen molar-refractivity contribution >= 4 is 11.6 Å². The summed E-state index contributed by atoms with van der Waals surface area (Å²) in [6, 6.07) is 11.8. The van der Waals surface area contributed by atoms with Crippen LogP contribution in [0.5, 0.6) is 5.75 Å². The average molecular weight is 511 g/mol. The van der Waals surface area contributed by atoms with Crippen molar-refractivity contribution in [3.05, 3.63) is 72.4 Å². The molecule has 0 N–H and O–H groups in total. The van der Waals surface area contributed by atoms with Crippen LogP contribution in [0.1, 0.15) is 24.2 Å². The number of amides is 1. The lowest BCUT2D eigenvalue weighted by Crippen LogP contribution is -2.42. The lowest BCUT2D eigenvalue weighted by atomic mass is 9.96. The molecule has 1 aliphatic rings. The maximum atomic E-state index is 13.3. The summed E-state index contributed by atoms with van der Waals surface area (Å²) in [5.74, 6) is -0.754. The first-order chi connectivity index (χ1) is 17.6. The third-order valence-corrected chi connectivity index (χ3v) is 6.60. The van der Waals surface area contributed by atoms with Gasteiger partial charge in [-0.3, -0.25) is 4.79 Å². The number of nitrogens with zero attached hydrogens (tertiary/aromatic N) is 6. The van der Waals surface area contributed by atoms with Gasteiger partial charge in [0.15, 0.2) is 0 Å². The summed E-state index contributed by atoms with van der Waals surface area (Å²) in [5.41, 5.74) is 3.90. The fraction of sp³-hybridized carbons (Fsp3) is 0.308. The number of hydrogen-bond donors (Lipinski definition) is 0. The number of anilines is 1. The minimum atomic E-state index is -4.52. The van der Waals surface area contributed by atoms with Gasteiger partial charge in [-0.25, -0.2) is 9.67 Å². The molecule has 0 saturated heterocycles. The molecular formula is C26H25F3N6O2. The van der Waals surface area contributed by atoms with Crippen LogP contribution in [0.15, 0.2) is 61.2 Å². The molecule has 0 fully saturated rings. The highest BCUT2D eigenvalue weighted by molar-refractivity contribution is 5.96. The highest BCUT2D eigenvalue weighted by atomic mass is 19.4. The number of aryl methyl sites for hydroxylation is 1. The van der Waals surface area contributed by atoms with E-state index in [0.29, 0.717) is 23.4 Å². The van der Waals surface area contributed by atoms with E-state index in [2.05, 4.69) is 15.3 Å². The number of carbonyl (C=O) groups is 1. The van der Waals surface area contributed by atoms with E-state index in [0.717, 1.165) is 21.8 Å². The first-order valence-electron chi connectivity index (χ1n) is 11.7. The Morgan fingerprint density at radius 3 is 2.59 bits per heavy atom. The Balaban J connectivity index is 1.48. The number of imidazole rings is 1. The van der Waals surface area contributed by atoms with Crippen molar-refractivity contribution in [1.29, 1.82) is 0 Å². The lowest BCUT2D eigenvalue weighted by molar-refractivity contribution is -0.135. The number of fused-ring (bicyclic) bond motifs is 1. The molecule has 0 aliphatic carbocycles. The summed E-state index contributed by atoms with van der Waals surface area (Å²) in [5, 5.41) is 8.57. The molecule has 0 bridgehead atoms. The molecule has 2 unspecified atom stereocenters. The van der Waals surface area contributed by atoms with Crippen molar-refractivity contribution < 1.29 is 22.7 Å². The van der Waals surface area contributed by atoms with E-state index >= 15 is 0 Å². The summed E-state index contributed by atoms with van der Waals surface area (Å²) in [6.45, 7) is 2.19. The molecule has 1 amide bonds. The van der Waals surface area contributed by atoms with Crippen LogP contribution in [-0.4, -0.2) is 50.3 Å². The minimum Gasteiger partial charge on any atom is -0.495 e. The Kier molecular flexibility index (Phi) is 6.22. The van der Waals surface area contributed by atoms with Gasteiger partial charge in [0.2, 0.25) is 5.91 Å². The van der Waals surface area contributed by atoms with E-state index in [1.54, 1.807) is 55.5 Å². The molecule has 1 aliphatic heterocycles. The van der Waals surface area contributed by atoms with Crippen LogP contribution in [-0.2, 0) is 11.2 Å². The molecule has 0 radical (unpaired) electrons. The molecule has 0 saturated carbocycles. The Labute approximate surface area is 211 Å². The van der Waals surface area contributed by atoms with Gasteiger partial charge < -0.3 is 14.2 Å². The standard InChI is InChI=1S/C26H25F3N6O2/c1-16-12-33(15-30-16)22-9-8-18(11-24(22)37-3)20-13-35(32-31-20)23-10-19-6-4-5-7-21(19)34(14-26(27,28)29)25(36)17(23)2/h4-9,11-13,15,17,23H,10,14H2,1-3H3. The summed E-state index contributed by atoms with van der Waals surface area (Å²) in [7, 11) is 1.58. The van der Waals surface area contributed by atoms with Gasteiger partial charge in [0, 0.05) is 17.4 Å². The smallest absolute Gasteiger partial charge is 0.406 e. The number of aromatic nitrogens is 5. The van der Waals surface area contributed by atoms with Crippen LogP contribution in [0.25, 0.3) is 16.9 Å². The van der Waals surface area contributed by atoms with Crippen LogP contribution < -0.4 is 9.64 Å². The summed E-state index contributed by atoms with van der Waals surface area (Å²) in [4.78, 5) is 18.3. The summed E-state index contributed by atoms with van der Waals surface area (Å²) >= 11 is 0. The van der Waals surface area contributed by atoms with Crippen molar-refractivity contribution in [1.82, 2.24) is 24.5 Å². The second-order valence-electron chi connectivity index (χ2n) is 9.12. The SMILES string of the molecule is COc1cc(-c2cn(C3Cc4ccccc4N(CC(F)(F)F)C(=O)C3C)nn2)ccc1-n1cnc(C)c1. The third-order valence-electron chi connectivity index (χ3n) is 6.60. The van der Waals surface area contributed by atoms with E-state index < -0.39 is 30.6 Å². The fourth-order valence-electron chi connectivity index (χ4n) is 4.72. The first-order valence-corrected chi connectivity index (χ1v) is 11.7. The quantitative estimate of drug-likeness (QED) is 0.386. The molecule has 8 nitrogen and oxygen atoms in total. The summed E-state index contributed by atoms with van der Waals surface area (Å²) < 4.78 is 49.0. The normalized spacial score (nSPS) is 18.0. The minimum absolute atomic E-state index is 0.273. The average Bonchev–Trinajstić information content (AvgIpc) is 3.52. The number of para-hydroxylation sites is 1. The Hall–Kier alpha value is -4.15. The third kappa shape index (κ3) is 4.81. The second-order valence-corrected chi connectivity index (χ2v) is 9.12. The first kappa shape index (κ1) is 24.5. The highest BCUT2D eigenvalue weighted by Gasteiger charge is 2.41. The van der Waals surface area contributed by atoms with Crippen LogP contribution in [0, 0.1) is 12.8 Å². The van der Waals surface area contributed by atoms with Gasteiger partial charge in [-0.15, -0.1) is 5.10 Å². The van der Waals surface area contributed by atoms with Crippen LogP contribution in [0.2, 0.25) is 0 Å². The molecule has 2 aromatic carbocycles. The predicted molar refractivity (Wildman–Crippen MR) is 131 cm³/mol. The number of rotatable bonds is 5. The zero-order valence-electron chi connectivity index (χ0n) is 20.5. The maximum Gasteiger partial charge on any atom is 0.406 e.